The second-order valence-corrected chi connectivity index (χ2v) is 8.53. The number of halogens is 2. The number of anilines is 1. The molecule has 192 valence electrons. The van der Waals surface area contributed by atoms with E-state index in [0.29, 0.717) is 42.6 Å². The Morgan fingerprint density at radius 2 is 1.80 bits per heavy atom. The summed E-state index contributed by atoms with van der Waals surface area (Å²) in [5.41, 5.74) is 2.24. The number of nitrogens with zero attached hydrogens (tertiary/aromatic N) is 3. The first-order valence-electron chi connectivity index (χ1n) is 12.6. The lowest BCUT2D eigenvalue weighted by Gasteiger charge is -2.46. The lowest BCUT2D eigenvalue weighted by atomic mass is 9.82. The summed E-state index contributed by atoms with van der Waals surface area (Å²) in [7, 11) is 0. The lowest BCUT2D eigenvalue weighted by Crippen LogP contribution is -2.51. The van der Waals surface area contributed by atoms with Crippen molar-refractivity contribution in [2.75, 3.05) is 18.1 Å². The van der Waals surface area contributed by atoms with Gasteiger partial charge in [-0.1, -0.05) is 52.0 Å². The van der Waals surface area contributed by atoms with Gasteiger partial charge in [-0.15, -0.1) is 0 Å². The zero-order chi connectivity index (χ0) is 26.2. The van der Waals surface area contributed by atoms with Crippen molar-refractivity contribution in [2.24, 2.45) is 5.92 Å². The molecule has 1 atom stereocenters. The fourth-order valence-corrected chi connectivity index (χ4v) is 4.60. The van der Waals surface area contributed by atoms with Crippen molar-refractivity contribution < 1.29 is 18.3 Å². The van der Waals surface area contributed by atoms with Crippen LogP contribution in [0, 0.1) is 5.92 Å². The summed E-state index contributed by atoms with van der Waals surface area (Å²) in [4.78, 5) is 19.0. The van der Waals surface area contributed by atoms with Crippen molar-refractivity contribution in [1.82, 2.24) is 9.55 Å². The number of carbonyl (C=O) groups is 1. The summed E-state index contributed by atoms with van der Waals surface area (Å²) >= 11 is 0. The molecule has 1 aromatic heterocycles. The topological polar surface area (TPSA) is 47.4 Å². The number of esters is 1. The summed E-state index contributed by atoms with van der Waals surface area (Å²) in [6.07, 6.45) is 1.37. The van der Waals surface area contributed by atoms with Gasteiger partial charge in [0.2, 0.25) is 0 Å². The number of hydrogen-bond acceptors (Lipinski definition) is 4. The van der Waals surface area contributed by atoms with E-state index in [-0.39, 0.29) is 23.3 Å². The van der Waals surface area contributed by atoms with Gasteiger partial charge in [0.25, 0.3) is 0 Å². The Morgan fingerprint density at radius 3 is 2.43 bits per heavy atom. The number of ether oxygens (including phenoxy) is 1. The highest BCUT2D eigenvalue weighted by molar-refractivity contribution is 5.81. The van der Waals surface area contributed by atoms with E-state index < -0.39 is 6.55 Å². The van der Waals surface area contributed by atoms with Crippen LogP contribution in [0.5, 0.6) is 0 Å². The third kappa shape index (κ3) is 6.19. The molecule has 0 aliphatic carbocycles. The largest absolute Gasteiger partial charge is 0.466 e. The first kappa shape index (κ1) is 28.3. The van der Waals surface area contributed by atoms with Gasteiger partial charge < -0.3 is 9.64 Å². The highest BCUT2D eigenvalue weighted by Crippen LogP contribution is 2.38. The zero-order valence-corrected chi connectivity index (χ0v) is 22.0. The van der Waals surface area contributed by atoms with Crippen molar-refractivity contribution >= 4 is 22.7 Å². The molecule has 5 nitrogen and oxygen atoms in total. The summed E-state index contributed by atoms with van der Waals surface area (Å²) < 4.78 is 34.0. The average molecular weight is 488 g/mol. The third-order valence-corrected chi connectivity index (χ3v) is 6.00. The van der Waals surface area contributed by atoms with E-state index in [2.05, 4.69) is 23.7 Å². The number of aromatic nitrogens is 2. The minimum absolute atomic E-state index is 0.127. The molecule has 1 aliphatic rings. The second-order valence-electron chi connectivity index (χ2n) is 8.53. The normalized spacial score (nSPS) is 16.7. The third-order valence-electron chi connectivity index (χ3n) is 6.00. The maximum absolute atomic E-state index is 13.9. The molecule has 1 unspecified atom stereocenters. The highest BCUT2D eigenvalue weighted by Gasteiger charge is 2.38. The van der Waals surface area contributed by atoms with Crippen LogP contribution in [0.3, 0.4) is 0 Å². The van der Waals surface area contributed by atoms with Crippen molar-refractivity contribution in [3.63, 3.8) is 0 Å². The lowest BCUT2D eigenvalue weighted by molar-refractivity contribution is -0.149. The van der Waals surface area contributed by atoms with Gasteiger partial charge in [0.15, 0.2) is 0 Å². The van der Waals surface area contributed by atoms with E-state index in [1.54, 1.807) is 24.3 Å². The van der Waals surface area contributed by atoms with E-state index in [1.807, 2.05) is 58.9 Å². The van der Waals surface area contributed by atoms with E-state index in [4.69, 9.17) is 4.74 Å². The number of rotatable bonds is 5. The SMILES string of the molecule is CC.CC.CCOC(=O)C1CCN(c2cccc(-c3nc4ccccc4n3C(F)F)c2)C(C)(C)C1. The molecular weight excluding hydrogens is 448 g/mol. The highest BCUT2D eigenvalue weighted by atomic mass is 19.3. The molecule has 1 aliphatic heterocycles. The van der Waals surface area contributed by atoms with E-state index in [9.17, 15) is 13.6 Å². The van der Waals surface area contributed by atoms with Crippen LogP contribution in [0.15, 0.2) is 48.5 Å². The van der Waals surface area contributed by atoms with Crippen LogP contribution in [0.4, 0.5) is 14.5 Å². The predicted molar refractivity (Wildman–Crippen MR) is 140 cm³/mol. The number of carbonyl (C=O) groups excluding carboxylic acids is 1. The summed E-state index contributed by atoms with van der Waals surface area (Å²) in [5, 5.41) is 0. The number of fused-ring (bicyclic) bond motifs is 1. The maximum atomic E-state index is 13.9. The number of imidazole rings is 1. The zero-order valence-electron chi connectivity index (χ0n) is 22.0. The van der Waals surface area contributed by atoms with Crippen LogP contribution >= 0.6 is 0 Å². The first-order chi connectivity index (χ1) is 16.8. The Balaban J connectivity index is 0.00000103. The number of alkyl halides is 2. The van der Waals surface area contributed by atoms with Gasteiger partial charge in [0.05, 0.1) is 23.6 Å². The van der Waals surface area contributed by atoms with Gasteiger partial charge in [-0.05, 0) is 57.9 Å². The van der Waals surface area contributed by atoms with Crippen LogP contribution in [0.1, 0.15) is 67.9 Å². The molecule has 2 aromatic carbocycles. The van der Waals surface area contributed by atoms with Crippen LogP contribution < -0.4 is 4.90 Å². The molecule has 0 bridgehead atoms. The molecule has 1 saturated heterocycles. The Kier molecular flexibility index (Phi) is 10.2. The fraction of sp³-hybridized carbons (Fsp3) is 0.500. The van der Waals surface area contributed by atoms with E-state index in [1.165, 1.54) is 0 Å². The van der Waals surface area contributed by atoms with Crippen LogP contribution in [-0.2, 0) is 9.53 Å². The van der Waals surface area contributed by atoms with Gasteiger partial charge in [-0.2, -0.15) is 8.78 Å². The quantitative estimate of drug-likeness (QED) is 0.346. The molecule has 0 saturated carbocycles. The van der Waals surface area contributed by atoms with Crippen molar-refractivity contribution in [3.05, 3.63) is 48.5 Å². The van der Waals surface area contributed by atoms with Crippen molar-refractivity contribution in [1.29, 1.82) is 0 Å². The molecular formula is C28H39F2N3O2. The molecule has 7 heteroatoms. The Hall–Kier alpha value is -2.96. The number of para-hydroxylation sites is 2. The molecule has 4 rings (SSSR count). The van der Waals surface area contributed by atoms with Gasteiger partial charge in [-0.3, -0.25) is 9.36 Å². The minimum atomic E-state index is -2.69. The molecule has 0 amide bonds. The second kappa shape index (κ2) is 12.7. The standard InChI is InChI=1S/C24H27F2N3O2.2C2H6/c1-4-31-22(30)17-12-13-28(24(2,3)15-17)18-9-7-8-16(14-18)21-27-19-10-5-6-11-20(19)29(21)23(25)26;2*1-2/h5-11,14,17,23H,4,12-13,15H2,1-3H3;2*1-2H3. The van der Waals surface area contributed by atoms with Crippen LogP contribution in [-0.4, -0.2) is 34.2 Å². The summed E-state index contributed by atoms with van der Waals surface area (Å²) in [5.74, 6) is -0.0238. The van der Waals surface area contributed by atoms with Crippen molar-refractivity contribution in [3.8, 4) is 11.4 Å². The summed E-state index contributed by atoms with van der Waals surface area (Å²) in [6.45, 7) is 12.4. The van der Waals surface area contributed by atoms with E-state index >= 15 is 0 Å². The van der Waals surface area contributed by atoms with Gasteiger partial charge in [0, 0.05) is 23.3 Å². The minimum Gasteiger partial charge on any atom is -0.466 e. The number of benzene rings is 2. The fourth-order valence-electron chi connectivity index (χ4n) is 4.60. The molecule has 2 heterocycles. The molecule has 3 aromatic rings. The molecule has 1 fully saturated rings. The Labute approximate surface area is 208 Å². The van der Waals surface area contributed by atoms with Crippen molar-refractivity contribution in [2.45, 2.75) is 73.4 Å². The first-order valence-corrected chi connectivity index (χ1v) is 12.6. The molecule has 0 spiro atoms. The van der Waals surface area contributed by atoms with Crippen LogP contribution in [0.25, 0.3) is 22.4 Å². The van der Waals surface area contributed by atoms with Crippen LogP contribution in [0.2, 0.25) is 0 Å². The Bertz CT molecular complexity index is 1090. The van der Waals surface area contributed by atoms with Gasteiger partial charge in [0.1, 0.15) is 5.82 Å². The number of hydrogen-bond donors (Lipinski definition) is 0. The van der Waals surface area contributed by atoms with Gasteiger partial charge >= 0.3 is 12.5 Å². The maximum Gasteiger partial charge on any atom is 0.320 e. The van der Waals surface area contributed by atoms with Gasteiger partial charge in [-0.25, -0.2) is 4.98 Å². The predicted octanol–water partition coefficient (Wildman–Crippen LogP) is 7.71. The van der Waals surface area contributed by atoms with E-state index in [0.717, 1.165) is 10.3 Å². The molecule has 35 heavy (non-hydrogen) atoms. The molecule has 0 N–H and O–H groups in total. The smallest absolute Gasteiger partial charge is 0.320 e. The number of piperidine rings is 1. The molecule has 0 radical (unpaired) electrons. The monoisotopic (exact) mass is 487 g/mol. The Morgan fingerprint density at radius 1 is 1.11 bits per heavy atom. The summed E-state index contributed by atoms with van der Waals surface area (Å²) in [6, 6.07) is 14.5. The average Bonchev–Trinajstić information content (AvgIpc) is 3.26.